The van der Waals surface area contributed by atoms with Gasteiger partial charge in [-0.15, -0.1) is 0 Å². The largest absolute Gasteiger partial charge is 0.298 e. The maximum atomic E-state index is 10.9. The summed E-state index contributed by atoms with van der Waals surface area (Å²) in [6, 6.07) is 7.03. The summed E-state index contributed by atoms with van der Waals surface area (Å²) >= 11 is 5.86. The van der Waals surface area contributed by atoms with Crippen LogP contribution in [0.1, 0.15) is 12.5 Å². The molecule has 72 valence electrons. The average Bonchev–Trinajstić information content (AvgIpc) is 2.16. The van der Waals surface area contributed by atoms with Gasteiger partial charge >= 0.3 is 0 Å². The molecule has 1 rings (SSSR count). The first-order valence-corrected chi connectivity index (χ1v) is 4.45. The van der Waals surface area contributed by atoms with E-state index >= 15 is 0 Å². The van der Waals surface area contributed by atoms with Crippen LogP contribution in [-0.2, 0) is 9.59 Å². The zero-order valence-electron chi connectivity index (χ0n) is 7.66. The molecule has 0 unspecified atom stereocenters. The van der Waals surface area contributed by atoms with E-state index in [0.717, 1.165) is 0 Å². The molecule has 1 aromatic rings. The second-order valence-electron chi connectivity index (χ2n) is 2.80. The molecule has 0 heterocycles. The van der Waals surface area contributed by atoms with E-state index in [1.54, 1.807) is 24.3 Å². The van der Waals surface area contributed by atoms with Gasteiger partial charge in [0.1, 0.15) is 0 Å². The summed E-state index contributed by atoms with van der Waals surface area (Å²) in [5.74, 6) is -0.264. The quantitative estimate of drug-likeness (QED) is 0.331. The van der Waals surface area contributed by atoms with Gasteiger partial charge in [0.2, 0.25) is 0 Å². The Morgan fingerprint density at radius 2 is 2.00 bits per heavy atom. The Morgan fingerprint density at radius 3 is 2.50 bits per heavy atom. The van der Waals surface area contributed by atoms with Crippen molar-refractivity contribution in [3.05, 3.63) is 40.4 Å². The number of carbonyl (C=O) groups excluding carboxylic acids is 2. The lowest BCUT2D eigenvalue weighted by molar-refractivity contribution is -0.115. The molecular formula is C11H9ClO2. The Balaban J connectivity index is 3.13. The van der Waals surface area contributed by atoms with Crippen LogP contribution in [0.2, 0.25) is 5.02 Å². The molecule has 0 amide bonds. The highest BCUT2D eigenvalue weighted by Crippen LogP contribution is 2.17. The minimum atomic E-state index is -0.264. The predicted molar refractivity (Wildman–Crippen MR) is 56.2 cm³/mol. The lowest BCUT2D eigenvalue weighted by atomic mass is 10.1. The van der Waals surface area contributed by atoms with Gasteiger partial charge in [-0.05, 0) is 24.6 Å². The van der Waals surface area contributed by atoms with Gasteiger partial charge in [-0.25, -0.2) is 0 Å². The fourth-order valence-electron chi connectivity index (χ4n) is 0.978. The van der Waals surface area contributed by atoms with E-state index in [-0.39, 0.29) is 11.4 Å². The van der Waals surface area contributed by atoms with Gasteiger partial charge in [0.15, 0.2) is 12.1 Å². The summed E-state index contributed by atoms with van der Waals surface area (Å²) in [6.07, 6.45) is 2.02. The topological polar surface area (TPSA) is 34.1 Å². The molecule has 0 spiro atoms. The lowest BCUT2D eigenvalue weighted by Gasteiger charge is -1.97. The van der Waals surface area contributed by atoms with Crippen LogP contribution in [-0.4, -0.2) is 12.1 Å². The van der Waals surface area contributed by atoms with E-state index in [9.17, 15) is 9.59 Å². The second-order valence-corrected chi connectivity index (χ2v) is 3.20. The maximum absolute atomic E-state index is 10.9. The zero-order valence-corrected chi connectivity index (χ0v) is 8.41. The van der Waals surface area contributed by atoms with Crippen molar-refractivity contribution in [2.24, 2.45) is 0 Å². The van der Waals surface area contributed by atoms with Crippen molar-refractivity contribution < 1.29 is 9.59 Å². The fourth-order valence-corrected chi connectivity index (χ4v) is 1.17. The van der Waals surface area contributed by atoms with Crippen LogP contribution in [0.25, 0.3) is 6.08 Å². The molecule has 0 aliphatic carbocycles. The van der Waals surface area contributed by atoms with Crippen LogP contribution in [0, 0.1) is 0 Å². The van der Waals surface area contributed by atoms with E-state index in [4.69, 9.17) is 11.6 Å². The summed E-state index contributed by atoms with van der Waals surface area (Å²) in [5.41, 5.74) is 0.796. The summed E-state index contributed by atoms with van der Waals surface area (Å²) in [4.78, 5) is 21.5. The number of aldehydes is 1. The molecule has 0 fully saturated rings. The molecule has 0 radical (unpaired) electrons. The predicted octanol–water partition coefficient (Wildman–Crippen LogP) is 2.51. The summed E-state index contributed by atoms with van der Waals surface area (Å²) in [7, 11) is 0. The Morgan fingerprint density at radius 1 is 1.36 bits per heavy atom. The molecular weight excluding hydrogens is 200 g/mol. The SMILES string of the molecule is CC(=O)C(C=O)=Cc1ccccc1Cl. The minimum absolute atomic E-state index is 0.123. The number of allylic oxidation sites excluding steroid dienone is 1. The standard InChI is InChI=1S/C11H9ClO2/c1-8(14)10(7-13)6-9-4-2-3-5-11(9)12/h2-7H,1H3. The van der Waals surface area contributed by atoms with E-state index in [1.165, 1.54) is 13.0 Å². The third-order valence-electron chi connectivity index (χ3n) is 1.75. The average molecular weight is 209 g/mol. The molecule has 0 saturated carbocycles. The van der Waals surface area contributed by atoms with Crippen LogP contribution in [0.15, 0.2) is 29.8 Å². The van der Waals surface area contributed by atoms with Crippen molar-refractivity contribution in [1.82, 2.24) is 0 Å². The monoisotopic (exact) mass is 208 g/mol. The Labute approximate surface area is 87.2 Å². The number of hydrogen-bond donors (Lipinski definition) is 0. The van der Waals surface area contributed by atoms with Gasteiger partial charge in [-0.3, -0.25) is 9.59 Å². The van der Waals surface area contributed by atoms with E-state index < -0.39 is 0 Å². The van der Waals surface area contributed by atoms with E-state index in [1.807, 2.05) is 0 Å². The number of rotatable bonds is 3. The highest BCUT2D eigenvalue weighted by Gasteiger charge is 2.03. The minimum Gasteiger partial charge on any atom is -0.298 e. The van der Waals surface area contributed by atoms with Crippen molar-refractivity contribution in [2.75, 3.05) is 0 Å². The lowest BCUT2D eigenvalue weighted by Crippen LogP contribution is -1.97. The Bertz CT molecular complexity index is 394. The highest BCUT2D eigenvalue weighted by molar-refractivity contribution is 6.32. The molecule has 3 heteroatoms. The van der Waals surface area contributed by atoms with Crippen molar-refractivity contribution in [1.29, 1.82) is 0 Å². The molecule has 0 aliphatic heterocycles. The number of halogens is 1. The zero-order chi connectivity index (χ0) is 10.6. The van der Waals surface area contributed by atoms with Gasteiger partial charge in [-0.1, -0.05) is 29.8 Å². The van der Waals surface area contributed by atoms with Crippen LogP contribution in [0.5, 0.6) is 0 Å². The van der Waals surface area contributed by atoms with Crippen LogP contribution in [0.4, 0.5) is 0 Å². The molecule has 1 aromatic carbocycles. The fraction of sp³-hybridized carbons (Fsp3) is 0.0909. The summed E-state index contributed by atoms with van der Waals surface area (Å²) < 4.78 is 0. The van der Waals surface area contributed by atoms with Gasteiger partial charge in [0, 0.05) is 5.02 Å². The first kappa shape index (κ1) is 10.7. The molecule has 0 N–H and O–H groups in total. The van der Waals surface area contributed by atoms with Crippen LogP contribution < -0.4 is 0 Å². The highest BCUT2D eigenvalue weighted by atomic mass is 35.5. The van der Waals surface area contributed by atoms with Crippen LogP contribution in [0.3, 0.4) is 0 Å². The van der Waals surface area contributed by atoms with Gasteiger partial charge in [0.25, 0.3) is 0 Å². The summed E-state index contributed by atoms with van der Waals surface area (Å²) in [5, 5.41) is 0.521. The van der Waals surface area contributed by atoms with Crippen molar-refractivity contribution in [3.8, 4) is 0 Å². The van der Waals surface area contributed by atoms with Gasteiger partial charge < -0.3 is 0 Å². The molecule has 14 heavy (non-hydrogen) atoms. The first-order valence-electron chi connectivity index (χ1n) is 4.07. The molecule has 2 nitrogen and oxygen atoms in total. The van der Waals surface area contributed by atoms with E-state index in [2.05, 4.69) is 0 Å². The molecule has 0 bridgehead atoms. The number of ketones is 1. The number of Topliss-reactive ketones (excluding diaryl/α,β-unsaturated/α-hetero) is 1. The molecule has 0 atom stereocenters. The van der Waals surface area contributed by atoms with Crippen molar-refractivity contribution in [2.45, 2.75) is 6.92 Å². The van der Waals surface area contributed by atoms with Gasteiger partial charge in [-0.2, -0.15) is 0 Å². The number of benzene rings is 1. The van der Waals surface area contributed by atoms with E-state index in [0.29, 0.717) is 16.9 Å². The van der Waals surface area contributed by atoms with Crippen LogP contribution >= 0.6 is 11.6 Å². The van der Waals surface area contributed by atoms with Crippen molar-refractivity contribution in [3.63, 3.8) is 0 Å². The number of carbonyl (C=O) groups is 2. The maximum Gasteiger partial charge on any atom is 0.163 e. The number of hydrogen-bond acceptors (Lipinski definition) is 2. The molecule has 0 saturated heterocycles. The molecule has 0 aromatic heterocycles. The Hall–Kier alpha value is -1.41. The second kappa shape index (κ2) is 4.72. The third-order valence-corrected chi connectivity index (χ3v) is 2.09. The summed E-state index contributed by atoms with van der Waals surface area (Å²) in [6.45, 7) is 1.34. The molecule has 0 aliphatic rings. The Kier molecular flexibility index (Phi) is 3.60. The smallest absolute Gasteiger partial charge is 0.163 e. The van der Waals surface area contributed by atoms with Gasteiger partial charge in [0.05, 0.1) is 5.57 Å². The van der Waals surface area contributed by atoms with Crippen molar-refractivity contribution >= 4 is 29.7 Å². The normalized spacial score (nSPS) is 11.1. The first-order chi connectivity index (χ1) is 6.65. The third kappa shape index (κ3) is 2.54.